The minimum Gasteiger partial charge on any atom is -0.486 e. The number of carbonyl (C=O) groups is 1. The maximum atomic E-state index is 13.9. The van der Waals surface area contributed by atoms with E-state index in [1.165, 1.54) is 25.3 Å². The summed E-state index contributed by atoms with van der Waals surface area (Å²) in [5.41, 5.74) is 1.48. The Morgan fingerprint density at radius 1 is 1.29 bits per heavy atom. The van der Waals surface area contributed by atoms with Crippen LogP contribution in [0, 0.1) is 12.7 Å². The molecule has 0 amide bonds. The van der Waals surface area contributed by atoms with Gasteiger partial charge in [0.05, 0.1) is 13.7 Å². The van der Waals surface area contributed by atoms with Crippen LogP contribution < -0.4 is 9.47 Å². The molecule has 24 heavy (non-hydrogen) atoms. The zero-order valence-corrected chi connectivity index (χ0v) is 13.9. The fraction of sp³-hybridized carbons (Fsp3) is 0.235. The van der Waals surface area contributed by atoms with E-state index in [-0.39, 0.29) is 24.7 Å². The Morgan fingerprint density at radius 3 is 2.71 bits per heavy atom. The highest BCUT2D eigenvalue weighted by Gasteiger charge is 2.15. The van der Waals surface area contributed by atoms with Crippen molar-refractivity contribution in [3.63, 3.8) is 0 Å². The normalized spacial score (nSPS) is 10.4. The van der Waals surface area contributed by atoms with Crippen molar-refractivity contribution in [2.24, 2.45) is 0 Å². The largest absolute Gasteiger partial charge is 0.513 e. The molecule has 0 heterocycles. The highest BCUT2D eigenvalue weighted by molar-refractivity contribution is 6.31. The lowest BCUT2D eigenvalue weighted by Gasteiger charge is -2.15. The minimum atomic E-state index is -0.907. The first kappa shape index (κ1) is 18.0. The maximum Gasteiger partial charge on any atom is 0.513 e. The van der Waals surface area contributed by atoms with Crippen LogP contribution >= 0.6 is 11.6 Å². The molecule has 0 aliphatic carbocycles. The Bertz CT molecular complexity index is 748. The third kappa shape index (κ3) is 4.15. The van der Waals surface area contributed by atoms with Crippen LogP contribution in [0.3, 0.4) is 0 Å². The molecule has 0 aliphatic rings. The number of aliphatic hydroxyl groups excluding tert-OH is 1. The summed E-state index contributed by atoms with van der Waals surface area (Å²) in [4.78, 5) is 11.3. The topological polar surface area (TPSA) is 65.0 Å². The second-order valence-corrected chi connectivity index (χ2v) is 5.34. The van der Waals surface area contributed by atoms with Gasteiger partial charge in [-0.15, -0.1) is 0 Å². The predicted octanol–water partition coefficient (Wildman–Crippen LogP) is 4.00. The van der Waals surface area contributed by atoms with Gasteiger partial charge in [-0.1, -0.05) is 23.7 Å². The molecule has 2 aromatic rings. The molecule has 2 aromatic carbocycles. The SMILES string of the molecule is COC(=O)Oc1cccc(CO)c1COc1cc(Cl)c(C)cc1F. The maximum absolute atomic E-state index is 13.9. The molecule has 0 spiro atoms. The Kier molecular flexibility index (Phi) is 6.00. The van der Waals surface area contributed by atoms with Gasteiger partial charge in [-0.3, -0.25) is 0 Å². The molecule has 0 aliphatic heterocycles. The smallest absolute Gasteiger partial charge is 0.486 e. The van der Waals surface area contributed by atoms with Gasteiger partial charge in [0, 0.05) is 16.7 Å². The van der Waals surface area contributed by atoms with Gasteiger partial charge in [-0.2, -0.15) is 0 Å². The summed E-state index contributed by atoms with van der Waals surface area (Å²) in [6.45, 7) is 1.26. The van der Waals surface area contributed by atoms with E-state index in [0.29, 0.717) is 21.7 Å². The standard InChI is InChI=1S/C17H16ClFO5/c1-10-6-14(19)16(7-13(10)18)23-9-12-11(8-20)4-3-5-15(12)24-17(21)22-2/h3-7,20H,8-9H2,1-2H3. The van der Waals surface area contributed by atoms with Gasteiger partial charge in [0.25, 0.3) is 0 Å². The third-order valence-corrected chi connectivity index (χ3v) is 3.75. The number of methoxy groups -OCH3 is 1. The Morgan fingerprint density at radius 2 is 2.04 bits per heavy atom. The lowest BCUT2D eigenvalue weighted by atomic mass is 10.1. The van der Waals surface area contributed by atoms with E-state index in [4.69, 9.17) is 21.1 Å². The summed E-state index contributed by atoms with van der Waals surface area (Å²) in [7, 11) is 1.18. The van der Waals surface area contributed by atoms with Gasteiger partial charge in [-0.25, -0.2) is 9.18 Å². The Hall–Kier alpha value is -2.31. The molecule has 0 unspecified atom stereocenters. The molecule has 0 saturated heterocycles. The number of aryl methyl sites for hydroxylation is 1. The van der Waals surface area contributed by atoms with Crippen LogP contribution in [-0.4, -0.2) is 18.4 Å². The van der Waals surface area contributed by atoms with E-state index in [0.717, 1.165) is 0 Å². The van der Waals surface area contributed by atoms with Gasteiger partial charge in [0.1, 0.15) is 12.4 Å². The van der Waals surface area contributed by atoms with Crippen molar-refractivity contribution in [3.8, 4) is 11.5 Å². The molecule has 7 heteroatoms. The summed E-state index contributed by atoms with van der Waals surface area (Å²) < 4.78 is 28.9. The van der Waals surface area contributed by atoms with E-state index < -0.39 is 12.0 Å². The van der Waals surface area contributed by atoms with E-state index in [9.17, 15) is 14.3 Å². The van der Waals surface area contributed by atoms with E-state index in [1.54, 1.807) is 19.1 Å². The number of aliphatic hydroxyl groups is 1. The second kappa shape index (κ2) is 7.99. The third-order valence-electron chi connectivity index (χ3n) is 3.35. The van der Waals surface area contributed by atoms with Crippen LogP contribution in [-0.2, 0) is 18.0 Å². The average molecular weight is 355 g/mol. The minimum absolute atomic E-state index is 0.0395. The van der Waals surface area contributed by atoms with Crippen molar-refractivity contribution in [3.05, 3.63) is 57.9 Å². The molecular formula is C17H16ClFO5. The van der Waals surface area contributed by atoms with E-state index in [2.05, 4.69) is 4.74 Å². The first-order chi connectivity index (χ1) is 11.5. The summed E-state index contributed by atoms with van der Waals surface area (Å²) in [6.07, 6.45) is -0.907. The first-order valence-corrected chi connectivity index (χ1v) is 7.40. The van der Waals surface area contributed by atoms with Crippen LogP contribution in [0.25, 0.3) is 0 Å². The van der Waals surface area contributed by atoms with Crippen molar-refractivity contribution in [2.45, 2.75) is 20.1 Å². The van der Waals surface area contributed by atoms with Crippen LogP contribution in [0.4, 0.5) is 9.18 Å². The van der Waals surface area contributed by atoms with Crippen molar-refractivity contribution in [1.82, 2.24) is 0 Å². The number of hydrogen-bond donors (Lipinski definition) is 1. The van der Waals surface area contributed by atoms with Crippen molar-refractivity contribution >= 4 is 17.8 Å². The molecule has 0 aromatic heterocycles. The van der Waals surface area contributed by atoms with Gasteiger partial charge >= 0.3 is 6.16 Å². The molecule has 0 bridgehead atoms. The summed E-state index contributed by atoms with van der Waals surface area (Å²) in [6, 6.07) is 7.40. The predicted molar refractivity (Wildman–Crippen MR) is 85.9 cm³/mol. The fourth-order valence-corrected chi connectivity index (χ4v) is 2.19. The second-order valence-electron chi connectivity index (χ2n) is 4.93. The molecule has 1 N–H and O–H groups in total. The molecule has 0 saturated carbocycles. The van der Waals surface area contributed by atoms with Crippen LogP contribution in [0.5, 0.6) is 11.5 Å². The number of hydrogen-bond acceptors (Lipinski definition) is 5. The van der Waals surface area contributed by atoms with E-state index >= 15 is 0 Å². The zero-order valence-electron chi connectivity index (χ0n) is 13.1. The molecule has 2 rings (SSSR count). The lowest BCUT2D eigenvalue weighted by molar-refractivity contribution is 0.120. The molecule has 0 fully saturated rings. The first-order valence-electron chi connectivity index (χ1n) is 7.02. The van der Waals surface area contributed by atoms with Gasteiger partial charge in [0.2, 0.25) is 0 Å². The molecule has 128 valence electrons. The molecule has 5 nitrogen and oxygen atoms in total. The van der Waals surface area contributed by atoms with Gasteiger partial charge in [-0.05, 0) is 30.2 Å². The highest BCUT2D eigenvalue weighted by Crippen LogP contribution is 2.29. The number of rotatable bonds is 5. The zero-order chi connectivity index (χ0) is 17.7. The number of ether oxygens (including phenoxy) is 3. The molecule has 0 radical (unpaired) electrons. The number of halogens is 2. The van der Waals surface area contributed by atoms with Crippen molar-refractivity contribution in [2.75, 3.05) is 7.11 Å². The monoisotopic (exact) mass is 354 g/mol. The molecular weight excluding hydrogens is 339 g/mol. The number of carbonyl (C=O) groups excluding carboxylic acids is 1. The van der Waals surface area contributed by atoms with Gasteiger partial charge in [0.15, 0.2) is 11.6 Å². The molecule has 0 atom stereocenters. The van der Waals surface area contributed by atoms with Crippen molar-refractivity contribution < 1.29 is 28.5 Å². The highest BCUT2D eigenvalue weighted by atomic mass is 35.5. The summed E-state index contributed by atoms with van der Waals surface area (Å²) in [5, 5.41) is 9.81. The van der Waals surface area contributed by atoms with E-state index in [1.807, 2.05) is 0 Å². The Balaban J connectivity index is 2.28. The Labute approximate surface area is 143 Å². The van der Waals surface area contributed by atoms with Crippen LogP contribution in [0.1, 0.15) is 16.7 Å². The summed E-state index contributed by atoms with van der Waals surface area (Å²) >= 11 is 5.97. The summed E-state index contributed by atoms with van der Waals surface area (Å²) in [5.74, 6) is -0.441. The van der Waals surface area contributed by atoms with Gasteiger partial charge < -0.3 is 19.3 Å². The van der Waals surface area contributed by atoms with Crippen LogP contribution in [0.2, 0.25) is 5.02 Å². The fourth-order valence-electron chi connectivity index (χ4n) is 2.04. The van der Waals surface area contributed by atoms with Crippen molar-refractivity contribution in [1.29, 1.82) is 0 Å². The average Bonchev–Trinajstić information content (AvgIpc) is 2.57. The van der Waals surface area contributed by atoms with Crippen LogP contribution in [0.15, 0.2) is 30.3 Å². The number of benzene rings is 2. The lowest BCUT2D eigenvalue weighted by Crippen LogP contribution is -2.11. The quantitative estimate of drug-likeness (QED) is 0.649.